The maximum atomic E-state index is 11.1. The molecule has 0 N–H and O–H groups in total. The van der Waals surface area contributed by atoms with Gasteiger partial charge in [0.1, 0.15) is 17.8 Å². The van der Waals surface area contributed by atoms with E-state index in [1.165, 1.54) is 11.1 Å². The van der Waals surface area contributed by atoms with Gasteiger partial charge in [0.15, 0.2) is 11.5 Å². The van der Waals surface area contributed by atoms with Crippen molar-refractivity contribution in [2.75, 3.05) is 11.4 Å². The Labute approximate surface area is 184 Å². The predicted octanol–water partition coefficient (Wildman–Crippen LogP) is 6.72. The summed E-state index contributed by atoms with van der Waals surface area (Å²) in [6, 6.07) is 21.7. The molecule has 0 aliphatic carbocycles. The van der Waals surface area contributed by atoms with Gasteiger partial charge in [0, 0.05) is 17.8 Å². The Bertz CT molecular complexity index is 953. The molecule has 0 radical (unpaired) electrons. The topological polar surface area (TPSA) is 38.8 Å². The summed E-state index contributed by atoms with van der Waals surface area (Å²) in [7, 11) is 0. The van der Waals surface area contributed by atoms with Crippen molar-refractivity contribution in [3.05, 3.63) is 77.9 Å². The number of nitrogens with zero attached hydrogens (tertiary/aromatic N) is 1. The Morgan fingerprint density at radius 3 is 1.77 bits per heavy atom. The van der Waals surface area contributed by atoms with Crippen LogP contribution in [0.5, 0.6) is 23.0 Å². The van der Waals surface area contributed by atoms with Gasteiger partial charge in [-0.05, 0) is 64.1 Å². The van der Waals surface area contributed by atoms with Gasteiger partial charge in [0.05, 0.1) is 6.54 Å². The van der Waals surface area contributed by atoms with Crippen molar-refractivity contribution in [1.29, 1.82) is 0 Å². The molecule has 3 aromatic rings. The molecule has 0 atom stereocenters. The lowest BCUT2D eigenvalue weighted by molar-refractivity contribution is -0.106. The average Bonchev–Trinajstić information content (AvgIpc) is 2.70. The molecule has 0 amide bonds. The van der Waals surface area contributed by atoms with E-state index < -0.39 is 0 Å². The second-order valence-corrected chi connectivity index (χ2v) is 7.37. The lowest BCUT2D eigenvalue weighted by Crippen LogP contribution is -2.32. The highest BCUT2D eigenvalue weighted by atomic mass is 35.5. The number of anilines is 1. The molecule has 158 valence electrons. The first kappa shape index (κ1) is 23.3. The zero-order valence-corrected chi connectivity index (χ0v) is 18.6. The molecule has 0 saturated carbocycles. The molecule has 4 nitrogen and oxygen atoms in total. The molecule has 0 aromatic heterocycles. The molecular formula is C25H28ClNO3. The summed E-state index contributed by atoms with van der Waals surface area (Å²) in [4.78, 5) is 13.2. The summed E-state index contributed by atoms with van der Waals surface area (Å²) in [5, 5.41) is 0. The Balaban J connectivity index is 0.00000320. The van der Waals surface area contributed by atoms with E-state index >= 15 is 0 Å². The maximum absolute atomic E-state index is 11.1. The second kappa shape index (κ2) is 10.7. The van der Waals surface area contributed by atoms with Crippen LogP contribution in [0.4, 0.5) is 5.69 Å². The number of halogens is 1. The Morgan fingerprint density at radius 1 is 0.800 bits per heavy atom. The van der Waals surface area contributed by atoms with E-state index in [4.69, 9.17) is 9.47 Å². The fourth-order valence-corrected chi connectivity index (χ4v) is 3.00. The number of aryl methyl sites for hydroxylation is 2. The van der Waals surface area contributed by atoms with Crippen LogP contribution in [0, 0.1) is 13.8 Å². The van der Waals surface area contributed by atoms with E-state index in [-0.39, 0.29) is 18.4 Å². The molecular weight excluding hydrogens is 398 g/mol. The van der Waals surface area contributed by atoms with Gasteiger partial charge in [0.25, 0.3) is 0 Å². The third kappa shape index (κ3) is 6.01. The van der Waals surface area contributed by atoms with Gasteiger partial charge in [-0.2, -0.15) is 0 Å². The number of rotatable bonds is 8. The quantitative estimate of drug-likeness (QED) is 0.375. The molecule has 0 fully saturated rings. The molecule has 0 aliphatic heterocycles. The van der Waals surface area contributed by atoms with E-state index in [0.717, 1.165) is 23.5 Å². The van der Waals surface area contributed by atoms with Gasteiger partial charge in [-0.25, -0.2) is 0 Å². The van der Waals surface area contributed by atoms with Gasteiger partial charge >= 0.3 is 0 Å². The van der Waals surface area contributed by atoms with Crippen molar-refractivity contribution in [3.63, 3.8) is 0 Å². The van der Waals surface area contributed by atoms with Crippen molar-refractivity contribution >= 4 is 24.4 Å². The number of carbonyl (C=O) groups is 1. The summed E-state index contributed by atoms with van der Waals surface area (Å²) < 4.78 is 12.3. The minimum Gasteiger partial charge on any atom is -0.453 e. The van der Waals surface area contributed by atoms with E-state index in [1.807, 2.05) is 85.5 Å². The summed E-state index contributed by atoms with van der Waals surface area (Å²) >= 11 is 0. The molecule has 0 saturated heterocycles. The monoisotopic (exact) mass is 425 g/mol. The highest BCUT2D eigenvalue weighted by Gasteiger charge is 2.15. The molecule has 30 heavy (non-hydrogen) atoms. The van der Waals surface area contributed by atoms with Crippen LogP contribution in [0.15, 0.2) is 66.7 Å². The zero-order valence-electron chi connectivity index (χ0n) is 17.8. The molecule has 5 heteroatoms. The molecule has 0 heterocycles. The summed E-state index contributed by atoms with van der Waals surface area (Å²) in [5.74, 6) is 2.69. The molecule has 0 spiro atoms. The third-order valence-corrected chi connectivity index (χ3v) is 4.65. The zero-order chi connectivity index (χ0) is 20.8. The van der Waals surface area contributed by atoms with Crippen LogP contribution >= 0.6 is 12.4 Å². The number of hydrogen-bond donors (Lipinski definition) is 0. The summed E-state index contributed by atoms with van der Waals surface area (Å²) in [5.41, 5.74) is 3.25. The van der Waals surface area contributed by atoms with Gasteiger partial charge in [-0.15, -0.1) is 12.4 Å². The maximum Gasteiger partial charge on any atom is 0.172 e. The fraction of sp³-hybridized carbons (Fsp3) is 0.240. The van der Waals surface area contributed by atoms with Crippen LogP contribution < -0.4 is 14.4 Å². The van der Waals surface area contributed by atoms with Crippen molar-refractivity contribution in [1.82, 2.24) is 0 Å². The van der Waals surface area contributed by atoms with Crippen molar-refractivity contribution in [2.24, 2.45) is 0 Å². The molecule has 3 aromatic carbocycles. The Morgan fingerprint density at radius 2 is 1.30 bits per heavy atom. The van der Waals surface area contributed by atoms with Gasteiger partial charge in [-0.1, -0.05) is 35.4 Å². The van der Waals surface area contributed by atoms with E-state index in [2.05, 4.69) is 13.8 Å². The van der Waals surface area contributed by atoms with E-state index in [0.29, 0.717) is 18.0 Å². The molecule has 0 unspecified atom stereocenters. The molecule has 0 bridgehead atoms. The number of ether oxygens (including phenoxy) is 2. The third-order valence-electron chi connectivity index (χ3n) is 4.65. The first-order valence-corrected chi connectivity index (χ1v) is 9.79. The smallest absolute Gasteiger partial charge is 0.172 e. The largest absolute Gasteiger partial charge is 0.453 e. The fourth-order valence-electron chi connectivity index (χ4n) is 3.00. The van der Waals surface area contributed by atoms with Crippen LogP contribution in [0.3, 0.4) is 0 Å². The minimum atomic E-state index is 0. The van der Waals surface area contributed by atoms with E-state index in [9.17, 15) is 4.79 Å². The summed E-state index contributed by atoms with van der Waals surface area (Å²) in [6.07, 6.45) is 0.914. The predicted molar refractivity (Wildman–Crippen MR) is 125 cm³/mol. The summed E-state index contributed by atoms with van der Waals surface area (Å²) in [6.45, 7) is 8.51. The number of aldehydes is 1. The van der Waals surface area contributed by atoms with Gasteiger partial charge in [0.2, 0.25) is 0 Å². The van der Waals surface area contributed by atoms with Crippen LogP contribution in [0.2, 0.25) is 0 Å². The molecule has 3 rings (SSSR count). The van der Waals surface area contributed by atoms with E-state index in [1.54, 1.807) is 0 Å². The average molecular weight is 426 g/mol. The van der Waals surface area contributed by atoms with Crippen LogP contribution in [-0.4, -0.2) is 18.9 Å². The standard InChI is InChI=1S/C25H27NO3.ClH/c1-18(2)26(15-16-27)21-9-14-24(28-22-10-5-19(3)6-11-22)25(17-21)29-23-12-7-20(4)8-13-23;/h5-14,16-18H,15H2,1-4H3;1H. The van der Waals surface area contributed by atoms with Crippen molar-refractivity contribution < 1.29 is 14.3 Å². The number of carbonyl (C=O) groups excluding carboxylic acids is 1. The normalized spacial score (nSPS) is 10.3. The van der Waals surface area contributed by atoms with Gasteiger partial charge in [-0.3, -0.25) is 0 Å². The van der Waals surface area contributed by atoms with Crippen molar-refractivity contribution in [3.8, 4) is 23.0 Å². The Kier molecular flexibility index (Phi) is 8.31. The SMILES string of the molecule is Cc1ccc(Oc2ccc(N(CC=O)C(C)C)cc2Oc2ccc(C)cc2)cc1.Cl. The number of hydrogen-bond acceptors (Lipinski definition) is 4. The number of benzene rings is 3. The van der Waals surface area contributed by atoms with Crippen molar-refractivity contribution in [2.45, 2.75) is 33.7 Å². The first-order valence-electron chi connectivity index (χ1n) is 9.79. The van der Waals surface area contributed by atoms with Gasteiger partial charge < -0.3 is 19.2 Å². The highest BCUT2D eigenvalue weighted by Crippen LogP contribution is 2.38. The first-order chi connectivity index (χ1) is 14.0. The van der Waals surface area contributed by atoms with Crippen LogP contribution in [-0.2, 0) is 4.79 Å². The van der Waals surface area contributed by atoms with Crippen LogP contribution in [0.1, 0.15) is 25.0 Å². The highest BCUT2D eigenvalue weighted by molar-refractivity contribution is 5.85. The minimum absolute atomic E-state index is 0. The molecule has 0 aliphatic rings. The second-order valence-electron chi connectivity index (χ2n) is 7.37. The lowest BCUT2D eigenvalue weighted by Gasteiger charge is -2.27. The Hall–Kier alpha value is -2.98. The lowest BCUT2D eigenvalue weighted by atomic mass is 10.2. The van der Waals surface area contributed by atoms with Crippen LogP contribution in [0.25, 0.3) is 0 Å².